The number of carbonyl (C=O) groups excluding carboxylic acids is 1. The highest BCUT2D eigenvalue weighted by molar-refractivity contribution is 7.91. The number of nitrogens with one attached hydrogen (secondary N) is 1. The second-order valence-corrected chi connectivity index (χ2v) is 11.9. The second kappa shape index (κ2) is 9.19. The van der Waals surface area contributed by atoms with E-state index in [2.05, 4.69) is 15.3 Å². The number of amides is 1. The van der Waals surface area contributed by atoms with E-state index < -0.39 is 10.0 Å². The van der Waals surface area contributed by atoms with Gasteiger partial charge in [-0.1, -0.05) is 17.7 Å². The molecule has 0 bridgehead atoms. The molecule has 2 aliphatic heterocycles. The standard InChI is InChI=1S/C22H24ClN5O3S2/c23-17-2-1-16-13-22(32-20(16)14-17)33(30,31)27-11-12-28(21(29)15-27)25-18-5-9-26(10-6-18)19-3-7-24-8-4-19/h1-4,7-8,13-14,18,25H,5-6,9-12,15H2. The average molecular weight is 506 g/mol. The van der Waals surface area contributed by atoms with Gasteiger partial charge in [0.15, 0.2) is 0 Å². The number of piperazine rings is 1. The second-order valence-electron chi connectivity index (χ2n) is 8.23. The van der Waals surface area contributed by atoms with E-state index >= 15 is 0 Å². The number of hydrogen-bond acceptors (Lipinski definition) is 7. The molecule has 1 N–H and O–H groups in total. The molecule has 33 heavy (non-hydrogen) atoms. The Labute approximate surface area is 201 Å². The van der Waals surface area contributed by atoms with Crippen molar-refractivity contribution < 1.29 is 13.2 Å². The molecule has 0 aliphatic carbocycles. The highest BCUT2D eigenvalue weighted by atomic mass is 35.5. The SMILES string of the molecule is O=C1CN(S(=O)(=O)c2cc3ccc(Cl)cc3s2)CCN1NC1CCN(c2ccncc2)CC1. The van der Waals surface area contributed by atoms with E-state index in [0.717, 1.165) is 41.7 Å². The number of fused-ring (bicyclic) bond motifs is 1. The lowest BCUT2D eigenvalue weighted by Gasteiger charge is -2.39. The van der Waals surface area contributed by atoms with Gasteiger partial charge in [-0.25, -0.2) is 13.8 Å². The Morgan fingerprint density at radius 2 is 1.79 bits per heavy atom. The number of nitrogens with zero attached hydrogens (tertiary/aromatic N) is 4. The van der Waals surface area contributed by atoms with E-state index in [1.54, 1.807) is 41.7 Å². The fraction of sp³-hybridized carbons (Fsp3) is 0.364. The van der Waals surface area contributed by atoms with Crippen molar-refractivity contribution in [1.82, 2.24) is 19.7 Å². The lowest BCUT2D eigenvalue weighted by molar-refractivity contribution is -0.138. The highest BCUT2D eigenvalue weighted by Gasteiger charge is 2.35. The topological polar surface area (TPSA) is 85.8 Å². The summed E-state index contributed by atoms with van der Waals surface area (Å²) in [4.78, 5) is 19.2. The van der Waals surface area contributed by atoms with E-state index in [-0.39, 0.29) is 29.2 Å². The summed E-state index contributed by atoms with van der Waals surface area (Å²) >= 11 is 7.21. The minimum absolute atomic E-state index is 0.166. The van der Waals surface area contributed by atoms with Crippen LogP contribution >= 0.6 is 22.9 Å². The first-order valence-corrected chi connectivity index (χ1v) is 13.4. The predicted octanol–water partition coefficient (Wildman–Crippen LogP) is 2.96. The molecule has 11 heteroatoms. The van der Waals surface area contributed by atoms with Gasteiger partial charge < -0.3 is 4.90 Å². The van der Waals surface area contributed by atoms with Gasteiger partial charge in [0.25, 0.3) is 15.9 Å². The molecule has 4 heterocycles. The number of benzene rings is 1. The lowest BCUT2D eigenvalue weighted by atomic mass is 10.1. The number of hydrazine groups is 1. The Bertz CT molecular complexity index is 1260. The average Bonchev–Trinajstić information content (AvgIpc) is 3.25. The largest absolute Gasteiger partial charge is 0.371 e. The molecule has 1 aromatic carbocycles. The Morgan fingerprint density at radius 3 is 2.52 bits per heavy atom. The van der Waals surface area contributed by atoms with Crippen molar-refractivity contribution in [3.05, 3.63) is 53.8 Å². The number of sulfonamides is 1. The zero-order valence-corrected chi connectivity index (χ0v) is 20.2. The lowest BCUT2D eigenvalue weighted by Crippen LogP contribution is -2.60. The smallest absolute Gasteiger partial charge is 0.253 e. The number of aromatic nitrogens is 1. The van der Waals surface area contributed by atoms with Crippen molar-refractivity contribution >= 4 is 54.6 Å². The van der Waals surface area contributed by atoms with Crippen LogP contribution in [0.15, 0.2) is 53.0 Å². The maximum absolute atomic E-state index is 13.2. The van der Waals surface area contributed by atoms with E-state index in [9.17, 15) is 13.2 Å². The normalized spacial score (nSPS) is 18.9. The van der Waals surface area contributed by atoms with Crippen LogP contribution in [-0.4, -0.2) is 67.4 Å². The summed E-state index contributed by atoms with van der Waals surface area (Å²) in [7, 11) is -3.74. The minimum atomic E-state index is -3.74. The summed E-state index contributed by atoms with van der Waals surface area (Å²) in [5.74, 6) is -0.231. The third kappa shape index (κ3) is 4.71. The highest BCUT2D eigenvalue weighted by Crippen LogP contribution is 2.33. The summed E-state index contributed by atoms with van der Waals surface area (Å²) in [6, 6.07) is 11.1. The maximum Gasteiger partial charge on any atom is 0.253 e. The van der Waals surface area contributed by atoms with Crippen LogP contribution in [0.3, 0.4) is 0 Å². The molecule has 0 atom stereocenters. The van der Waals surface area contributed by atoms with Crippen LogP contribution in [0.25, 0.3) is 10.1 Å². The van der Waals surface area contributed by atoms with Crippen LogP contribution in [-0.2, 0) is 14.8 Å². The van der Waals surface area contributed by atoms with Gasteiger partial charge >= 0.3 is 0 Å². The van der Waals surface area contributed by atoms with Gasteiger partial charge in [0.05, 0.1) is 13.1 Å². The van der Waals surface area contributed by atoms with Gasteiger partial charge in [-0.3, -0.25) is 14.8 Å². The van der Waals surface area contributed by atoms with Gasteiger partial charge in [-0.15, -0.1) is 11.3 Å². The van der Waals surface area contributed by atoms with Gasteiger partial charge in [0, 0.05) is 53.5 Å². The number of hydrogen-bond donors (Lipinski definition) is 1. The van der Waals surface area contributed by atoms with Gasteiger partial charge in [0.1, 0.15) is 4.21 Å². The maximum atomic E-state index is 13.2. The van der Waals surface area contributed by atoms with Crippen molar-refractivity contribution in [2.75, 3.05) is 37.6 Å². The number of pyridine rings is 1. The number of anilines is 1. The molecule has 174 valence electrons. The van der Waals surface area contributed by atoms with Crippen LogP contribution in [0.1, 0.15) is 12.8 Å². The number of rotatable bonds is 5. The van der Waals surface area contributed by atoms with Crippen LogP contribution in [0, 0.1) is 0 Å². The first-order valence-electron chi connectivity index (χ1n) is 10.8. The molecule has 0 unspecified atom stereocenters. The van der Waals surface area contributed by atoms with E-state index in [0.29, 0.717) is 11.6 Å². The number of halogens is 1. The molecule has 0 saturated carbocycles. The number of carbonyl (C=O) groups is 1. The van der Waals surface area contributed by atoms with Crippen molar-refractivity contribution in [1.29, 1.82) is 0 Å². The van der Waals surface area contributed by atoms with Crippen molar-refractivity contribution in [2.24, 2.45) is 0 Å². The van der Waals surface area contributed by atoms with Crippen molar-refractivity contribution in [3.63, 3.8) is 0 Å². The van der Waals surface area contributed by atoms with Crippen molar-refractivity contribution in [2.45, 2.75) is 23.1 Å². The molecular formula is C22H24ClN5O3S2. The minimum Gasteiger partial charge on any atom is -0.371 e. The first kappa shape index (κ1) is 22.5. The Hall–Kier alpha value is -2.24. The summed E-state index contributed by atoms with van der Waals surface area (Å²) in [6.45, 7) is 2.19. The summed E-state index contributed by atoms with van der Waals surface area (Å²) in [5.41, 5.74) is 4.48. The molecule has 0 spiro atoms. The molecule has 2 saturated heterocycles. The number of piperidine rings is 1. The molecule has 2 fully saturated rings. The molecule has 5 rings (SSSR count). The van der Waals surface area contributed by atoms with Crippen LogP contribution in [0.5, 0.6) is 0 Å². The Kier molecular flexibility index (Phi) is 6.28. The third-order valence-corrected chi connectivity index (χ3v) is 9.73. The van der Waals surface area contributed by atoms with Gasteiger partial charge in [-0.2, -0.15) is 4.31 Å². The Morgan fingerprint density at radius 1 is 1.03 bits per heavy atom. The quantitative estimate of drug-likeness (QED) is 0.574. The first-order chi connectivity index (χ1) is 15.9. The molecule has 8 nitrogen and oxygen atoms in total. The number of thiophene rings is 1. The molecule has 3 aromatic rings. The van der Waals surface area contributed by atoms with Gasteiger partial charge in [-0.05, 0) is 48.6 Å². The monoisotopic (exact) mass is 505 g/mol. The molecule has 1 amide bonds. The summed E-state index contributed by atoms with van der Waals surface area (Å²) < 4.78 is 28.6. The summed E-state index contributed by atoms with van der Waals surface area (Å²) in [6.07, 6.45) is 5.39. The summed E-state index contributed by atoms with van der Waals surface area (Å²) in [5, 5.41) is 2.98. The predicted molar refractivity (Wildman–Crippen MR) is 130 cm³/mol. The molecular weight excluding hydrogens is 482 g/mol. The molecule has 0 radical (unpaired) electrons. The third-order valence-electron chi connectivity index (χ3n) is 6.10. The molecule has 2 aromatic heterocycles. The van der Waals surface area contributed by atoms with Crippen molar-refractivity contribution in [3.8, 4) is 0 Å². The fourth-order valence-corrected chi connectivity index (χ4v) is 7.48. The van der Waals surface area contributed by atoms with E-state index in [4.69, 9.17) is 11.6 Å². The van der Waals surface area contributed by atoms with Crippen LogP contribution < -0.4 is 10.3 Å². The molecule has 2 aliphatic rings. The van der Waals surface area contributed by atoms with E-state index in [1.165, 1.54) is 15.6 Å². The van der Waals surface area contributed by atoms with Gasteiger partial charge in [0.2, 0.25) is 0 Å². The fourth-order valence-electron chi connectivity index (χ4n) is 4.27. The van der Waals surface area contributed by atoms with Crippen LogP contribution in [0.2, 0.25) is 5.02 Å². The zero-order valence-electron chi connectivity index (χ0n) is 17.9. The zero-order chi connectivity index (χ0) is 23.0. The van der Waals surface area contributed by atoms with Crippen LogP contribution in [0.4, 0.5) is 5.69 Å². The Balaban J connectivity index is 1.19. The van der Waals surface area contributed by atoms with E-state index in [1.807, 2.05) is 12.1 Å².